The highest BCUT2D eigenvalue weighted by molar-refractivity contribution is 6.30. The van der Waals surface area contributed by atoms with E-state index in [0.29, 0.717) is 10.7 Å². The number of hydrogen-bond donors (Lipinski definition) is 0. The van der Waals surface area contributed by atoms with Gasteiger partial charge in [-0.05, 0) is 25.0 Å². The summed E-state index contributed by atoms with van der Waals surface area (Å²) in [5.41, 5.74) is 0.715. The molecule has 1 aliphatic rings. The highest BCUT2D eigenvalue weighted by Crippen LogP contribution is 2.35. The second kappa shape index (κ2) is 5.73. The van der Waals surface area contributed by atoms with Gasteiger partial charge in [-0.25, -0.2) is 4.98 Å². The minimum atomic E-state index is -0.367. The highest BCUT2D eigenvalue weighted by Gasteiger charge is 2.30. The van der Waals surface area contributed by atoms with Gasteiger partial charge in [-0.2, -0.15) is 0 Å². The zero-order valence-corrected chi connectivity index (χ0v) is 12.1. The van der Waals surface area contributed by atoms with Crippen molar-refractivity contribution in [3.63, 3.8) is 0 Å². The molecule has 0 N–H and O–H groups in total. The number of imidazole rings is 1. The Kier molecular flexibility index (Phi) is 3.79. The van der Waals surface area contributed by atoms with E-state index >= 15 is 0 Å². The van der Waals surface area contributed by atoms with Gasteiger partial charge in [0.1, 0.15) is 5.69 Å². The monoisotopic (exact) mass is 306 g/mol. The normalized spacial score (nSPS) is 18.1. The molecule has 0 saturated carbocycles. The van der Waals surface area contributed by atoms with Gasteiger partial charge in [0.2, 0.25) is 0 Å². The lowest BCUT2D eigenvalue weighted by Crippen LogP contribution is -2.33. The summed E-state index contributed by atoms with van der Waals surface area (Å²) >= 11 is 5.88. The Morgan fingerprint density at radius 3 is 3.05 bits per heavy atom. The predicted molar refractivity (Wildman–Crippen MR) is 80.7 cm³/mol. The lowest BCUT2D eigenvalue weighted by Gasteiger charge is -2.26. The molecule has 1 aliphatic heterocycles. The molecule has 0 bridgehead atoms. The third kappa shape index (κ3) is 2.85. The summed E-state index contributed by atoms with van der Waals surface area (Å²) in [5.74, 6) is 0. The third-order valence-electron chi connectivity index (χ3n) is 3.80. The summed E-state index contributed by atoms with van der Waals surface area (Å²) in [6, 6.07) is 5.10. The van der Waals surface area contributed by atoms with E-state index in [9.17, 15) is 10.1 Å². The van der Waals surface area contributed by atoms with E-state index in [2.05, 4.69) is 9.88 Å². The van der Waals surface area contributed by atoms with Crippen LogP contribution in [0.5, 0.6) is 0 Å². The largest absolute Gasteiger partial charge is 0.361 e. The van der Waals surface area contributed by atoms with E-state index in [0.717, 1.165) is 25.9 Å². The average Bonchev–Trinajstić information content (AvgIpc) is 3.11. The number of nitro benzene ring substituents is 1. The van der Waals surface area contributed by atoms with E-state index in [1.165, 1.54) is 6.07 Å². The molecule has 1 unspecified atom stereocenters. The first kappa shape index (κ1) is 13.9. The van der Waals surface area contributed by atoms with Crippen molar-refractivity contribution in [2.75, 3.05) is 11.4 Å². The van der Waals surface area contributed by atoms with Crippen molar-refractivity contribution in [3.05, 3.63) is 52.1 Å². The minimum Gasteiger partial charge on any atom is -0.361 e. The Balaban J connectivity index is 1.90. The number of hydrogen-bond acceptors (Lipinski definition) is 4. The van der Waals surface area contributed by atoms with Crippen LogP contribution in [0.3, 0.4) is 0 Å². The first-order chi connectivity index (χ1) is 10.1. The van der Waals surface area contributed by atoms with Crippen LogP contribution in [-0.4, -0.2) is 27.1 Å². The lowest BCUT2D eigenvalue weighted by molar-refractivity contribution is -0.384. The van der Waals surface area contributed by atoms with Gasteiger partial charge in [0.25, 0.3) is 5.69 Å². The van der Waals surface area contributed by atoms with E-state index < -0.39 is 0 Å². The topological polar surface area (TPSA) is 64.2 Å². The summed E-state index contributed by atoms with van der Waals surface area (Å²) < 4.78 is 2.00. The fourth-order valence-electron chi connectivity index (χ4n) is 2.87. The number of halogens is 1. The molecule has 1 aromatic carbocycles. The first-order valence-corrected chi connectivity index (χ1v) is 7.19. The van der Waals surface area contributed by atoms with Crippen LogP contribution in [0.2, 0.25) is 5.02 Å². The molecule has 21 heavy (non-hydrogen) atoms. The number of nitrogens with zero attached hydrogens (tertiary/aromatic N) is 4. The molecular formula is C14H15ClN4O2. The lowest BCUT2D eigenvalue weighted by atomic mass is 10.2. The van der Waals surface area contributed by atoms with Crippen LogP contribution in [0.1, 0.15) is 12.8 Å². The van der Waals surface area contributed by atoms with Crippen LogP contribution < -0.4 is 4.90 Å². The number of aromatic nitrogens is 2. The molecule has 2 heterocycles. The maximum absolute atomic E-state index is 11.3. The summed E-state index contributed by atoms with van der Waals surface area (Å²) in [4.78, 5) is 17.0. The molecule has 1 saturated heterocycles. The van der Waals surface area contributed by atoms with Crippen LogP contribution >= 0.6 is 11.6 Å². The minimum absolute atomic E-state index is 0.0695. The van der Waals surface area contributed by atoms with Gasteiger partial charge in [-0.15, -0.1) is 0 Å². The van der Waals surface area contributed by atoms with E-state index in [1.807, 2.05) is 10.8 Å². The van der Waals surface area contributed by atoms with Crippen molar-refractivity contribution < 1.29 is 4.92 Å². The number of rotatable bonds is 4. The highest BCUT2D eigenvalue weighted by atomic mass is 35.5. The fraction of sp³-hybridized carbons (Fsp3) is 0.357. The summed E-state index contributed by atoms with van der Waals surface area (Å²) in [6.45, 7) is 1.60. The molecule has 6 nitrogen and oxygen atoms in total. The second-order valence-corrected chi connectivity index (χ2v) is 5.58. The zero-order valence-electron chi connectivity index (χ0n) is 11.4. The molecule has 1 fully saturated rings. The molecule has 110 valence electrons. The van der Waals surface area contributed by atoms with Crippen LogP contribution in [0, 0.1) is 10.1 Å². The maximum Gasteiger partial charge on any atom is 0.294 e. The van der Waals surface area contributed by atoms with Crippen molar-refractivity contribution in [1.29, 1.82) is 0 Å². The average molecular weight is 307 g/mol. The van der Waals surface area contributed by atoms with Crippen molar-refractivity contribution >= 4 is 23.0 Å². The van der Waals surface area contributed by atoms with Gasteiger partial charge >= 0.3 is 0 Å². The van der Waals surface area contributed by atoms with Gasteiger partial charge in [0.05, 0.1) is 11.3 Å². The van der Waals surface area contributed by atoms with E-state index in [1.54, 1.807) is 24.7 Å². The summed E-state index contributed by atoms with van der Waals surface area (Å²) in [7, 11) is 0. The quantitative estimate of drug-likeness (QED) is 0.643. The van der Waals surface area contributed by atoms with Crippen LogP contribution in [0.15, 0.2) is 36.9 Å². The van der Waals surface area contributed by atoms with Gasteiger partial charge < -0.3 is 9.47 Å². The molecule has 0 amide bonds. The molecule has 0 radical (unpaired) electrons. The first-order valence-electron chi connectivity index (χ1n) is 6.81. The van der Waals surface area contributed by atoms with Crippen LogP contribution in [0.4, 0.5) is 11.4 Å². The molecule has 2 aromatic rings. The Morgan fingerprint density at radius 1 is 1.48 bits per heavy atom. The second-order valence-electron chi connectivity index (χ2n) is 5.14. The van der Waals surface area contributed by atoms with Gasteiger partial charge in [-0.3, -0.25) is 10.1 Å². The summed E-state index contributed by atoms with van der Waals surface area (Å²) in [6.07, 6.45) is 7.46. The predicted octanol–water partition coefficient (Wildman–Crippen LogP) is 3.11. The Morgan fingerprint density at radius 2 is 2.33 bits per heavy atom. The number of benzene rings is 1. The molecule has 1 atom stereocenters. The number of nitro groups is 1. The van der Waals surface area contributed by atoms with Crippen molar-refractivity contribution in [2.45, 2.75) is 25.4 Å². The fourth-order valence-corrected chi connectivity index (χ4v) is 3.03. The Labute approximate surface area is 127 Å². The Bertz CT molecular complexity index is 644. The SMILES string of the molecule is O=[N+]([O-])c1cc(Cl)ccc1N1CCCC1Cn1ccnc1. The standard InChI is InChI=1S/C14H15ClN4O2/c15-11-3-4-13(14(8-11)19(20)21)18-6-1-2-12(18)9-17-7-5-16-10-17/h3-5,7-8,10,12H,1-2,6,9H2. The third-order valence-corrected chi connectivity index (χ3v) is 4.04. The molecule has 7 heteroatoms. The molecule has 0 aliphatic carbocycles. The van der Waals surface area contributed by atoms with E-state index in [4.69, 9.17) is 11.6 Å². The van der Waals surface area contributed by atoms with Gasteiger partial charge in [0.15, 0.2) is 0 Å². The van der Waals surface area contributed by atoms with Gasteiger partial charge in [-0.1, -0.05) is 11.6 Å². The maximum atomic E-state index is 11.3. The molecule has 3 rings (SSSR count). The smallest absolute Gasteiger partial charge is 0.294 e. The molecular weight excluding hydrogens is 292 g/mol. The molecule has 1 aromatic heterocycles. The summed E-state index contributed by atoms with van der Waals surface area (Å²) in [5, 5.41) is 11.6. The van der Waals surface area contributed by atoms with E-state index in [-0.39, 0.29) is 16.7 Å². The zero-order chi connectivity index (χ0) is 14.8. The van der Waals surface area contributed by atoms with Crippen LogP contribution in [0.25, 0.3) is 0 Å². The number of anilines is 1. The van der Waals surface area contributed by atoms with Crippen molar-refractivity contribution in [1.82, 2.24) is 9.55 Å². The van der Waals surface area contributed by atoms with Crippen molar-refractivity contribution in [3.8, 4) is 0 Å². The van der Waals surface area contributed by atoms with Crippen LogP contribution in [-0.2, 0) is 6.54 Å². The Hall–Kier alpha value is -2.08. The molecule has 0 spiro atoms. The van der Waals surface area contributed by atoms with Gasteiger partial charge in [0, 0.05) is 42.6 Å². The van der Waals surface area contributed by atoms with Crippen molar-refractivity contribution in [2.24, 2.45) is 0 Å².